The minimum atomic E-state index is -0.921. The van der Waals surface area contributed by atoms with Crippen LogP contribution < -0.4 is 10.6 Å². The molecule has 0 bridgehead atoms. The molecule has 2 atom stereocenters. The van der Waals surface area contributed by atoms with Crippen LogP contribution in [0, 0.1) is 5.41 Å². The molecule has 0 heterocycles. The standard InChI is InChI=1S/C14H24N2O4/c1-4-9(2)15-12(18)10(3)16-11(17)8-14(13(19)20)6-5-7-14/h9-10H,4-8H2,1-3H3,(H,15,18)(H,16,17)(H,19,20). The zero-order chi connectivity index (χ0) is 15.3. The van der Waals surface area contributed by atoms with Gasteiger partial charge in [-0.2, -0.15) is 0 Å². The van der Waals surface area contributed by atoms with E-state index in [1.165, 1.54) is 0 Å². The monoisotopic (exact) mass is 284 g/mol. The number of carboxylic acids is 1. The third-order valence-electron chi connectivity index (χ3n) is 4.04. The van der Waals surface area contributed by atoms with Crippen LogP contribution in [0.15, 0.2) is 0 Å². The quantitative estimate of drug-likeness (QED) is 0.651. The van der Waals surface area contributed by atoms with Crippen molar-refractivity contribution in [3.63, 3.8) is 0 Å². The molecule has 20 heavy (non-hydrogen) atoms. The van der Waals surface area contributed by atoms with Crippen LogP contribution in [-0.4, -0.2) is 35.0 Å². The molecule has 1 fully saturated rings. The first-order chi connectivity index (χ1) is 9.30. The van der Waals surface area contributed by atoms with Gasteiger partial charge in [-0.1, -0.05) is 13.3 Å². The van der Waals surface area contributed by atoms with E-state index in [0.29, 0.717) is 12.8 Å². The molecule has 6 nitrogen and oxygen atoms in total. The Balaban J connectivity index is 2.45. The molecule has 1 aliphatic carbocycles. The van der Waals surface area contributed by atoms with Crippen molar-refractivity contribution >= 4 is 17.8 Å². The molecule has 1 saturated carbocycles. The largest absolute Gasteiger partial charge is 0.481 e. The van der Waals surface area contributed by atoms with Gasteiger partial charge in [0, 0.05) is 12.5 Å². The van der Waals surface area contributed by atoms with E-state index in [1.807, 2.05) is 13.8 Å². The van der Waals surface area contributed by atoms with Gasteiger partial charge in [0.2, 0.25) is 11.8 Å². The molecule has 114 valence electrons. The Morgan fingerprint density at radius 1 is 1.20 bits per heavy atom. The summed E-state index contributed by atoms with van der Waals surface area (Å²) in [5.74, 6) is -1.54. The summed E-state index contributed by atoms with van der Waals surface area (Å²) in [6.07, 6.45) is 2.66. The van der Waals surface area contributed by atoms with Crippen LogP contribution in [0.5, 0.6) is 0 Å². The Labute approximate surface area is 119 Å². The lowest BCUT2D eigenvalue weighted by Crippen LogP contribution is -2.49. The van der Waals surface area contributed by atoms with E-state index < -0.39 is 17.4 Å². The van der Waals surface area contributed by atoms with Crippen LogP contribution in [0.3, 0.4) is 0 Å². The smallest absolute Gasteiger partial charge is 0.310 e. The Kier molecular flexibility index (Phi) is 5.53. The molecule has 0 aromatic carbocycles. The average Bonchev–Trinajstić information content (AvgIpc) is 2.32. The van der Waals surface area contributed by atoms with E-state index >= 15 is 0 Å². The van der Waals surface area contributed by atoms with Gasteiger partial charge in [0.25, 0.3) is 0 Å². The van der Waals surface area contributed by atoms with Gasteiger partial charge in [0.15, 0.2) is 0 Å². The fourth-order valence-corrected chi connectivity index (χ4v) is 2.21. The summed E-state index contributed by atoms with van der Waals surface area (Å²) in [5.41, 5.74) is -0.920. The van der Waals surface area contributed by atoms with Crippen molar-refractivity contribution < 1.29 is 19.5 Å². The normalized spacial score (nSPS) is 19.4. The van der Waals surface area contributed by atoms with Crippen molar-refractivity contribution in [2.24, 2.45) is 5.41 Å². The molecule has 1 rings (SSSR count). The number of rotatable bonds is 7. The number of hydrogen-bond acceptors (Lipinski definition) is 3. The van der Waals surface area contributed by atoms with Crippen molar-refractivity contribution in [1.29, 1.82) is 0 Å². The predicted octanol–water partition coefficient (Wildman–Crippen LogP) is 1.05. The zero-order valence-corrected chi connectivity index (χ0v) is 12.4. The summed E-state index contributed by atoms with van der Waals surface area (Å²) in [6, 6.07) is -0.596. The molecule has 0 spiro atoms. The highest BCUT2D eigenvalue weighted by atomic mass is 16.4. The number of carbonyl (C=O) groups is 3. The van der Waals surface area contributed by atoms with Crippen LogP contribution in [0.2, 0.25) is 0 Å². The molecule has 0 aromatic rings. The van der Waals surface area contributed by atoms with Gasteiger partial charge in [0.05, 0.1) is 5.41 Å². The van der Waals surface area contributed by atoms with Crippen LogP contribution >= 0.6 is 0 Å². The fraction of sp³-hybridized carbons (Fsp3) is 0.786. The Hall–Kier alpha value is -1.59. The Morgan fingerprint density at radius 2 is 1.80 bits per heavy atom. The second-order valence-corrected chi connectivity index (χ2v) is 5.72. The summed E-state index contributed by atoms with van der Waals surface area (Å²) in [4.78, 5) is 34.8. The molecule has 0 radical (unpaired) electrons. The minimum Gasteiger partial charge on any atom is -0.481 e. The van der Waals surface area contributed by atoms with Crippen LogP contribution in [-0.2, 0) is 14.4 Å². The number of carboxylic acid groups (broad SMARTS) is 1. The number of hydrogen-bond donors (Lipinski definition) is 3. The van der Waals surface area contributed by atoms with Crippen LogP contribution in [0.25, 0.3) is 0 Å². The molecule has 0 saturated heterocycles. The van der Waals surface area contributed by atoms with Gasteiger partial charge in [-0.05, 0) is 33.1 Å². The molecule has 3 N–H and O–H groups in total. The van der Waals surface area contributed by atoms with Crippen LogP contribution in [0.4, 0.5) is 0 Å². The maximum atomic E-state index is 11.9. The van der Waals surface area contributed by atoms with Crippen LogP contribution in [0.1, 0.15) is 52.9 Å². The number of aliphatic carboxylic acids is 1. The van der Waals surface area contributed by atoms with E-state index in [4.69, 9.17) is 5.11 Å². The topological polar surface area (TPSA) is 95.5 Å². The number of carbonyl (C=O) groups excluding carboxylic acids is 2. The SMILES string of the molecule is CCC(C)NC(=O)C(C)NC(=O)CC1(C(=O)O)CCC1. The van der Waals surface area contributed by atoms with Gasteiger partial charge >= 0.3 is 5.97 Å². The first-order valence-electron chi connectivity index (χ1n) is 7.14. The molecular weight excluding hydrogens is 260 g/mol. The molecule has 2 amide bonds. The van der Waals surface area contributed by atoms with Crippen molar-refractivity contribution in [2.75, 3.05) is 0 Å². The second kappa shape index (κ2) is 6.72. The van der Waals surface area contributed by atoms with E-state index in [2.05, 4.69) is 10.6 Å². The third-order valence-corrected chi connectivity index (χ3v) is 4.04. The van der Waals surface area contributed by atoms with E-state index in [1.54, 1.807) is 6.92 Å². The molecule has 1 aliphatic rings. The fourth-order valence-electron chi connectivity index (χ4n) is 2.21. The van der Waals surface area contributed by atoms with Crippen molar-refractivity contribution in [1.82, 2.24) is 10.6 Å². The highest BCUT2D eigenvalue weighted by Crippen LogP contribution is 2.44. The van der Waals surface area contributed by atoms with E-state index in [0.717, 1.165) is 12.8 Å². The third kappa shape index (κ3) is 3.95. The number of amides is 2. The molecule has 2 unspecified atom stereocenters. The lowest BCUT2D eigenvalue weighted by molar-refractivity contribution is -0.157. The molecule has 6 heteroatoms. The first kappa shape index (κ1) is 16.5. The van der Waals surface area contributed by atoms with Crippen molar-refractivity contribution in [3.8, 4) is 0 Å². The summed E-state index contributed by atoms with van der Waals surface area (Å²) >= 11 is 0. The summed E-state index contributed by atoms with van der Waals surface area (Å²) < 4.78 is 0. The first-order valence-corrected chi connectivity index (χ1v) is 7.14. The molecular formula is C14H24N2O4. The van der Waals surface area contributed by atoms with Gasteiger partial charge in [-0.15, -0.1) is 0 Å². The highest BCUT2D eigenvalue weighted by molar-refractivity contribution is 5.90. The summed E-state index contributed by atoms with van der Waals surface area (Å²) in [7, 11) is 0. The van der Waals surface area contributed by atoms with Gasteiger partial charge < -0.3 is 15.7 Å². The lowest BCUT2D eigenvalue weighted by atomic mass is 9.66. The highest BCUT2D eigenvalue weighted by Gasteiger charge is 2.46. The minimum absolute atomic E-state index is 0.0523. The van der Waals surface area contributed by atoms with Gasteiger partial charge in [-0.25, -0.2) is 0 Å². The molecule has 0 aromatic heterocycles. The summed E-state index contributed by atoms with van der Waals surface area (Å²) in [6.45, 7) is 5.45. The summed E-state index contributed by atoms with van der Waals surface area (Å²) in [5, 5.41) is 14.5. The van der Waals surface area contributed by atoms with Gasteiger partial charge in [-0.3, -0.25) is 14.4 Å². The van der Waals surface area contributed by atoms with Crippen molar-refractivity contribution in [3.05, 3.63) is 0 Å². The maximum Gasteiger partial charge on any atom is 0.310 e. The molecule has 0 aliphatic heterocycles. The van der Waals surface area contributed by atoms with E-state index in [-0.39, 0.29) is 24.3 Å². The second-order valence-electron chi connectivity index (χ2n) is 5.72. The maximum absolute atomic E-state index is 11.9. The number of nitrogens with one attached hydrogen (secondary N) is 2. The zero-order valence-electron chi connectivity index (χ0n) is 12.4. The predicted molar refractivity (Wildman–Crippen MR) is 74.0 cm³/mol. The lowest BCUT2D eigenvalue weighted by Gasteiger charge is -2.37. The van der Waals surface area contributed by atoms with E-state index in [9.17, 15) is 14.4 Å². The van der Waals surface area contributed by atoms with Gasteiger partial charge in [0.1, 0.15) is 6.04 Å². The Morgan fingerprint density at radius 3 is 2.20 bits per heavy atom. The van der Waals surface area contributed by atoms with Crippen molar-refractivity contribution in [2.45, 2.75) is 65.0 Å². The average molecular weight is 284 g/mol. The Bertz CT molecular complexity index is 391.